The lowest BCUT2D eigenvalue weighted by Crippen LogP contribution is -2.60. The first-order valence-electron chi connectivity index (χ1n) is 21.3. The molecule has 7 rings (SSSR count). The van der Waals surface area contributed by atoms with E-state index in [4.69, 9.17) is 18.5 Å². The largest absolute Gasteiger partial charge is 0.446 e. The standard InChI is InChI=1S/C42H59FN5O10P/c1-5-27-22-42(27,38(51)46-59(54,57-29-16-8-9-17-29)58-30-18-10-11-19-30)45-36(49)34-21-31(56-40(53)47-23-26-13-12-20-33(43)32(26)25-47)24-48(34)37(50)35(41(2,3)4)44-39(52)55-28-14-6-7-15-28/h5,12-13,20,27-31,34-35H,1,6-11,14-19,21-25H2,2-4H3,(H,44,52)(H,45,49)(H,46,51,54)/t27?,31?,34-,35+,42+/m0/s1. The van der Waals surface area contributed by atoms with Crippen molar-refractivity contribution in [2.45, 2.75) is 166 Å². The minimum atomic E-state index is -4.17. The maximum atomic E-state index is 14.6. The number of hydrogen-bond acceptors (Lipinski definition) is 10. The maximum Gasteiger partial charge on any atom is 0.435 e. The summed E-state index contributed by atoms with van der Waals surface area (Å²) in [6.07, 6.45) is 7.87. The third kappa shape index (κ3) is 9.81. The van der Waals surface area contributed by atoms with Crippen molar-refractivity contribution in [2.24, 2.45) is 11.3 Å². The van der Waals surface area contributed by atoms with Crippen molar-refractivity contribution in [1.82, 2.24) is 25.5 Å². The Morgan fingerprint density at radius 2 is 1.51 bits per heavy atom. The van der Waals surface area contributed by atoms with Crippen molar-refractivity contribution in [3.63, 3.8) is 0 Å². The number of rotatable bonds is 13. The minimum Gasteiger partial charge on any atom is -0.446 e. The zero-order valence-corrected chi connectivity index (χ0v) is 35.3. The predicted octanol–water partition coefficient (Wildman–Crippen LogP) is 6.53. The average molecular weight is 844 g/mol. The monoisotopic (exact) mass is 843 g/mol. The second-order valence-corrected chi connectivity index (χ2v) is 19.8. The summed E-state index contributed by atoms with van der Waals surface area (Å²) in [5, 5.41) is 8.19. The summed E-state index contributed by atoms with van der Waals surface area (Å²) < 4.78 is 52.4. The van der Waals surface area contributed by atoms with Crippen LogP contribution in [0.15, 0.2) is 30.9 Å². The molecule has 0 radical (unpaired) electrons. The number of benzene rings is 1. The van der Waals surface area contributed by atoms with Gasteiger partial charge in [-0.25, -0.2) is 18.5 Å². The van der Waals surface area contributed by atoms with Gasteiger partial charge in [0.15, 0.2) is 0 Å². The summed E-state index contributed by atoms with van der Waals surface area (Å²) in [7, 11) is -4.17. The zero-order valence-electron chi connectivity index (χ0n) is 34.4. The third-order valence-electron chi connectivity index (χ3n) is 12.7. The highest BCUT2D eigenvalue weighted by Gasteiger charge is 2.62. The predicted molar refractivity (Wildman–Crippen MR) is 213 cm³/mol. The Labute approximate surface area is 345 Å². The summed E-state index contributed by atoms with van der Waals surface area (Å²) >= 11 is 0. The Morgan fingerprint density at radius 3 is 2.07 bits per heavy atom. The molecule has 17 heteroatoms. The molecule has 6 aliphatic rings. The van der Waals surface area contributed by atoms with Crippen molar-refractivity contribution in [3.8, 4) is 0 Å². The Morgan fingerprint density at radius 1 is 0.898 bits per heavy atom. The van der Waals surface area contributed by atoms with Gasteiger partial charge in [-0.05, 0) is 74.8 Å². The van der Waals surface area contributed by atoms with Crippen molar-refractivity contribution >= 4 is 37.7 Å². The van der Waals surface area contributed by atoms with E-state index < -0.39 is 78.5 Å². The number of halogens is 1. The number of ether oxygens (including phenoxy) is 2. The van der Waals surface area contributed by atoms with E-state index in [2.05, 4.69) is 22.3 Å². The summed E-state index contributed by atoms with van der Waals surface area (Å²) in [5.41, 5.74) is -1.38. The van der Waals surface area contributed by atoms with Crippen LogP contribution in [0.3, 0.4) is 0 Å². The molecule has 5 atom stereocenters. The van der Waals surface area contributed by atoms with Gasteiger partial charge in [0.25, 0.3) is 5.91 Å². The fourth-order valence-corrected chi connectivity index (χ4v) is 11.1. The Kier molecular flexibility index (Phi) is 12.8. The van der Waals surface area contributed by atoms with Crippen LogP contribution in [0.2, 0.25) is 0 Å². The Balaban J connectivity index is 1.10. The van der Waals surface area contributed by atoms with Gasteiger partial charge in [-0.3, -0.25) is 33.4 Å². The van der Waals surface area contributed by atoms with Crippen molar-refractivity contribution in [1.29, 1.82) is 0 Å². The molecule has 59 heavy (non-hydrogen) atoms. The molecule has 2 aliphatic heterocycles. The van der Waals surface area contributed by atoms with Gasteiger partial charge < -0.3 is 25.0 Å². The van der Waals surface area contributed by atoms with E-state index in [1.807, 2.05) is 0 Å². The first kappa shape index (κ1) is 43.1. The zero-order chi connectivity index (χ0) is 42.1. The molecule has 5 fully saturated rings. The van der Waals surface area contributed by atoms with Gasteiger partial charge in [0.1, 0.15) is 35.6 Å². The summed E-state index contributed by atoms with van der Waals surface area (Å²) in [6, 6.07) is 2.24. The number of carbonyl (C=O) groups excluding carboxylic acids is 5. The lowest BCUT2D eigenvalue weighted by molar-refractivity contribution is -0.143. The number of likely N-dealkylation sites (tertiary alicyclic amines) is 1. The van der Waals surface area contributed by atoms with Gasteiger partial charge in [0.2, 0.25) is 11.8 Å². The van der Waals surface area contributed by atoms with Crippen LogP contribution in [0.1, 0.15) is 122 Å². The van der Waals surface area contributed by atoms with Gasteiger partial charge in [0, 0.05) is 24.4 Å². The fraction of sp³-hybridized carbons (Fsp3) is 0.690. The van der Waals surface area contributed by atoms with E-state index in [9.17, 15) is 32.9 Å². The molecule has 324 valence electrons. The number of hydrogen-bond donors (Lipinski definition) is 3. The van der Waals surface area contributed by atoms with E-state index in [1.54, 1.807) is 32.9 Å². The van der Waals surface area contributed by atoms with Gasteiger partial charge in [-0.1, -0.05) is 64.7 Å². The molecule has 0 aromatic heterocycles. The van der Waals surface area contributed by atoms with E-state index in [0.29, 0.717) is 36.8 Å². The number of carbonyl (C=O) groups is 5. The summed E-state index contributed by atoms with van der Waals surface area (Å²) in [6.45, 7) is 9.11. The molecular weight excluding hydrogens is 784 g/mol. The first-order valence-corrected chi connectivity index (χ1v) is 22.9. The van der Waals surface area contributed by atoms with Gasteiger partial charge >= 0.3 is 19.9 Å². The highest BCUT2D eigenvalue weighted by Crippen LogP contribution is 2.53. The lowest BCUT2D eigenvalue weighted by Gasteiger charge is -2.35. The van der Waals surface area contributed by atoms with Crippen molar-refractivity contribution < 1.29 is 51.4 Å². The molecule has 1 aromatic carbocycles. The van der Waals surface area contributed by atoms with Gasteiger partial charge in [0.05, 0.1) is 25.3 Å². The quantitative estimate of drug-likeness (QED) is 0.146. The molecule has 3 N–H and O–H groups in total. The normalized spacial score (nSPS) is 26.7. The van der Waals surface area contributed by atoms with Crippen molar-refractivity contribution in [3.05, 3.63) is 47.8 Å². The van der Waals surface area contributed by atoms with Crippen molar-refractivity contribution in [2.75, 3.05) is 6.54 Å². The number of amides is 5. The molecule has 15 nitrogen and oxygen atoms in total. The highest BCUT2D eigenvalue weighted by molar-refractivity contribution is 7.52. The van der Waals surface area contributed by atoms with E-state index in [0.717, 1.165) is 51.4 Å². The summed E-state index contributed by atoms with van der Waals surface area (Å²) in [4.78, 5) is 72.7. The number of nitrogens with one attached hydrogen (secondary N) is 3. The molecule has 1 aromatic rings. The second-order valence-electron chi connectivity index (χ2n) is 18.2. The van der Waals surface area contributed by atoms with Crippen LogP contribution < -0.4 is 15.7 Å². The fourth-order valence-electron chi connectivity index (χ4n) is 9.24. The summed E-state index contributed by atoms with van der Waals surface area (Å²) in [5.74, 6) is -3.04. The lowest BCUT2D eigenvalue weighted by atomic mass is 9.85. The Hall–Kier alpha value is -4.01. The number of nitrogens with zero attached hydrogens (tertiary/aromatic N) is 2. The minimum absolute atomic E-state index is 0.00139. The van der Waals surface area contributed by atoms with Crippen LogP contribution in [-0.4, -0.2) is 88.3 Å². The molecule has 0 bridgehead atoms. The Bertz CT molecular complexity index is 1820. The molecule has 5 amide bonds. The van der Waals surface area contributed by atoms with Crippen LogP contribution in [0, 0.1) is 17.2 Å². The molecule has 0 spiro atoms. The molecule has 2 unspecified atom stereocenters. The molecule has 4 aliphatic carbocycles. The van der Waals surface area contributed by atoms with E-state index in [1.165, 1.54) is 21.9 Å². The van der Waals surface area contributed by atoms with Crippen LogP contribution >= 0.6 is 7.75 Å². The second kappa shape index (κ2) is 17.5. The van der Waals surface area contributed by atoms with E-state index in [-0.39, 0.29) is 50.8 Å². The maximum absolute atomic E-state index is 14.6. The van der Waals surface area contributed by atoms with Crippen LogP contribution in [0.25, 0.3) is 0 Å². The van der Waals surface area contributed by atoms with Gasteiger partial charge in [-0.2, -0.15) is 0 Å². The smallest absolute Gasteiger partial charge is 0.435 e. The van der Waals surface area contributed by atoms with Crippen LogP contribution in [0.5, 0.6) is 0 Å². The van der Waals surface area contributed by atoms with E-state index >= 15 is 0 Å². The number of alkyl carbamates (subject to hydrolysis) is 1. The molecular formula is C42H59FN5O10P. The SMILES string of the molecule is C=CC1C[C@]1(NC(=O)[C@@H]1CC(OC(=O)N2Cc3cccc(F)c3C2)CN1C(=O)[C@@H](NC(=O)OC1CCCC1)C(C)(C)C)C(=O)NP(=O)(OC1CCCC1)OC1CCCC1. The number of fused-ring (bicyclic) bond motifs is 1. The molecule has 4 saturated carbocycles. The highest BCUT2D eigenvalue weighted by atomic mass is 31.2. The van der Waals surface area contributed by atoms with Crippen LogP contribution in [-0.2, 0) is 50.6 Å². The van der Waals surface area contributed by atoms with Crippen LogP contribution in [0.4, 0.5) is 14.0 Å². The molecule has 1 saturated heterocycles. The topological polar surface area (TPSA) is 182 Å². The van der Waals surface area contributed by atoms with Gasteiger partial charge in [-0.15, -0.1) is 6.58 Å². The first-order chi connectivity index (χ1) is 28.1. The molecule has 2 heterocycles. The third-order valence-corrected chi connectivity index (χ3v) is 14.3. The average Bonchev–Trinajstić information content (AvgIpc) is 3.92.